The molecule has 6 rings (SSSR count). The van der Waals surface area contributed by atoms with Crippen LogP contribution in [0.4, 0.5) is 5.82 Å². The number of hydrogen-bond donors (Lipinski definition) is 2. The van der Waals surface area contributed by atoms with Gasteiger partial charge in [0.05, 0.1) is 24.8 Å². The Morgan fingerprint density at radius 1 is 1.18 bits per heavy atom. The van der Waals surface area contributed by atoms with E-state index in [0.717, 1.165) is 42.9 Å². The number of carboxylic acids is 1. The SMILES string of the molecule is CCc1nc2c(n1Cc1c3ccocc-3c(Br)c1-c1ccccc1-n1cnnn1)C(=O)NC(C(=O)O)C(=O)N2C. The minimum Gasteiger partial charge on any atom is -0.479 e. The number of para-hydroxylation sites is 1. The summed E-state index contributed by atoms with van der Waals surface area (Å²) < 4.78 is 9.56. The van der Waals surface area contributed by atoms with E-state index in [1.165, 1.54) is 13.4 Å². The van der Waals surface area contributed by atoms with Crippen molar-refractivity contribution < 1.29 is 23.9 Å². The molecule has 0 fully saturated rings. The molecule has 13 nitrogen and oxygen atoms in total. The predicted molar refractivity (Wildman–Crippen MR) is 144 cm³/mol. The number of halogens is 1. The van der Waals surface area contributed by atoms with E-state index < -0.39 is 23.8 Å². The van der Waals surface area contributed by atoms with Crippen molar-refractivity contribution in [2.75, 3.05) is 11.9 Å². The Hall–Kier alpha value is -4.85. The molecule has 0 bridgehead atoms. The van der Waals surface area contributed by atoms with Crippen molar-refractivity contribution in [2.45, 2.75) is 25.9 Å². The van der Waals surface area contributed by atoms with Crippen molar-refractivity contribution in [1.29, 1.82) is 0 Å². The van der Waals surface area contributed by atoms with Crippen LogP contribution in [0.3, 0.4) is 0 Å². The zero-order chi connectivity index (χ0) is 28.1. The first-order valence-electron chi connectivity index (χ1n) is 12.2. The first kappa shape index (κ1) is 25.4. The van der Waals surface area contributed by atoms with E-state index in [1.807, 2.05) is 37.3 Å². The van der Waals surface area contributed by atoms with Crippen molar-refractivity contribution in [3.8, 4) is 27.9 Å². The molecule has 1 atom stereocenters. The fourth-order valence-electron chi connectivity index (χ4n) is 5.07. The number of hydrogen-bond acceptors (Lipinski definition) is 8. The third kappa shape index (κ3) is 3.87. The second-order valence-electron chi connectivity index (χ2n) is 9.11. The highest BCUT2D eigenvalue weighted by Gasteiger charge is 2.40. The molecule has 0 spiro atoms. The Labute approximate surface area is 234 Å². The van der Waals surface area contributed by atoms with E-state index in [1.54, 1.807) is 21.8 Å². The topological polar surface area (TPSA) is 161 Å². The lowest BCUT2D eigenvalue weighted by atomic mass is 10.0. The van der Waals surface area contributed by atoms with Crippen molar-refractivity contribution in [1.82, 2.24) is 35.1 Å². The number of nitrogens with zero attached hydrogens (tertiary/aromatic N) is 7. The van der Waals surface area contributed by atoms with Gasteiger partial charge in [-0.25, -0.2) is 9.78 Å². The number of nitrogens with one attached hydrogen (secondary N) is 1. The van der Waals surface area contributed by atoms with Crippen LogP contribution in [0.1, 0.15) is 28.8 Å². The molecule has 3 aromatic rings. The second kappa shape index (κ2) is 9.72. The molecule has 0 saturated carbocycles. The Balaban J connectivity index is 1.58. The summed E-state index contributed by atoms with van der Waals surface area (Å²) >= 11 is 3.77. The molecule has 2 aliphatic heterocycles. The number of carbonyl (C=O) groups excluding carboxylic acids is 2. The Morgan fingerprint density at radius 2 is 1.98 bits per heavy atom. The largest absolute Gasteiger partial charge is 0.479 e. The van der Waals surface area contributed by atoms with Crippen LogP contribution in [-0.4, -0.2) is 65.7 Å². The van der Waals surface area contributed by atoms with E-state index in [2.05, 4.69) is 41.8 Å². The fraction of sp³-hybridized carbons (Fsp3) is 0.192. The van der Waals surface area contributed by atoms with Crippen molar-refractivity contribution in [3.63, 3.8) is 0 Å². The molecule has 1 aromatic carbocycles. The zero-order valence-corrected chi connectivity index (χ0v) is 22.8. The van der Waals surface area contributed by atoms with Crippen LogP contribution in [-0.2, 0) is 22.6 Å². The molecule has 2 aromatic heterocycles. The minimum absolute atomic E-state index is 0.0993. The molecule has 202 valence electrons. The number of aromatic nitrogens is 6. The average Bonchev–Trinajstić information content (AvgIpc) is 3.67. The lowest BCUT2D eigenvalue weighted by Crippen LogP contribution is -2.49. The van der Waals surface area contributed by atoms with Crippen LogP contribution in [0, 0.1) is 0 Å². The molecule has 2 amide bonds. The van der Waals surface area contributed by atoms with E-state index in [9.17, 15) is 19.5 Å². The van der Waals surface area contributed by atoms with Crippen LogP contribution in [0.25, 0.3) is 27.9 Å². The van der Waals surface area contributed by atoms with Crippen molar-refractivity contribution in [2.24, 2.45) is 0 Å². The van der Waals surface area contributed by atoms with E-state index in [0.29, 0.717) is 12.2 Å². The van der Waals surface area contributed by atoms with Crippen LogP contribution >= 0.6 is 15.9 Å². The van der Waals surface area contributed by atoms with Crippen molar-refractivity contribution in [3.05, 3.63) is 70.7 Å². The summed E-state index contributed by atoms with van der Waals surface area (Å²) in [7, 11) is 1.41. The number of carbonyl (C=O) groups is 3. The maximum absolute atomic E-state index is 13.4. The van der Waals surface area contributed by atoms with Gasteiger partial charge in [-0.1, -0.05) is 25.1 Å². The maximum Gasteiger partial charge on any atom is 0.336 e. The van der Waals surface area contributed by atoms with Gasteiger partial charge in [-0.2, -0.15) is 4.68 Å². The number of imidazole rings is 1. The predicted octanol–water partition coefficient (Wildman–Crippen LogP) is 2.76. The molecular formula is C26H21BrN8O5. The summed E-state index contributed by atoms with van der Waals surface area (Å²) in [5, 5.41) is 23.5. The van der Waals surface area contributed by atoms with Gasteiger partial charge in [-0.05, 0) is 49.6 Å². The Bertz CT molecular complexity index is 1760. The second-order valence-corrected chi connectivity index (χ2v) is 9.90. The number of tetrazole rings is 1. The molecule has 14 heteroatoms. The van der Waals surface area contributed by atoms with Crippen LogP contribution in [0.2, 0.25) is 0 Å². The minimum atomic E-state index is -1.72. The van der Waals surface area contributed by atoms with E-state index in [-0.39, 0.29) is 18.1 Å². The molecular weight excluding hydrogens is 584 g/mol. The van der Waals surface area contributed by atoms with Crippen LogP contribution in [0.5, 0.6) is 0 Å². The van der Waals surface area contributed by atoms with Gasteiger partial charge < -0.3 is 19.4 Å². The van der Waals surface area contributed by atoms with Gasteiger partial charge in [-0.3, -0.25) is 14.5 Å². The molecule has 0 radical (unpaired) electrons. The molecule has 40 heavy (non-hydrogen) atoms. The van der Waals surface area contributed by atoms with Gasteiger partial charge in [0.1, 0.15) is 12.2 Å². The first-order valence-corrected chi connectivity index (χ1v) is 13.0. The summed E-state index contributed by atoms with van der Waals surface area (Å²) in [6.07, 6.45) is 5.17. The lowest BCUT2D eigenvalue weighted by Gasteiger charge is -2.16. The highest BCUT2D eigenvalue weighted by atomic mass is 79.9. The van der Waals surface area contributed by atoms with Crippen LogP contribution in [0.15, 0.2) is 58.1 Å². The molecule has 1 aliphatic carbocycles. The summed E-state index contributed by atoms with van der Waals surface area (Å²) in [6.45, 7) is 2.08. The summed E-state index contributed by atoms with van der Waals surface area (Å²) in [6, 6.07) is 7.75. The number of aliphatic carboxylic acids is 1. The van der Waals surface area contributed by atoms with Gasteiger partial charge >= 0.3 is 5.97 Å². The third-order valence-electron chi connectivity index (χ3n) is 6.93. The number of amides is 2. The number of carboxylic acid groups (broad SMARTS) is 1. The monoisotopic (exact) mass is 604 g/mol. The number of rotatable bonds is 6. The molecule has 2 N–H and O–H groups in total. The van der Waals surface area contributed by atoms with Gasteiger partial charge in [0.2, 0.25) is 6.04 Å². The zero-order valence-electron chi connectivity index (χ0n) is 21.2. The molecule has 1 unspecified atom stereocenters. The van der Waals surface area contributed by atoms with Gasteiger partial charge in [0.15, 0.2) is 11.5 Å². The summed E-state index contributed by atoms with van der Waals surface area (Å²) in [5.74, 6) is -2.28. The quantitative estimate of drug-likeness (QED) is 0.277. The number of anilines is 1. The third-order valence-corrected chi connectivity index (χ3v) is 7.76. The van der Waals surface area contributed by atoms with Gasteiger partial charge in [-0.15, -0.1) is 5.10 Å². The fourth-order valence-corrected chi connectivity index (χ4v) is 5.83. The summed E-state index contributed by atoms with van der Waals surface area (Å²) in [4.78, 5) is 43.8. The van der Waals surface area contributed by atoms with E-state index in [4.69, 9.17) is 4.42 Å². The number of fused-ring (bicyclic) bond motifs is 2. The lowest BCUT2D eigenvalue weighted by molar-refractivity contribution is -0.142. The number of likely N-dealkylation sites (N-methyl/N-ethyl adjacent to an activating group) is 1. The standard InChI is InChI=1S/C26H21BrN8O5/c1-3-18-29-23-22(24(36)30-21(26(38)39)25(37)33(23)2)34(18)10-15-13-8-9-40-11-16(13)20(27)19(15)14-6-4-5-7-17(14)35-12-28-31-32-35/h4-9,11-12,21H,3,10H2,1-2H3,(H,30,36)(H,38,39). The number of aryl methyl sites for hydroxylation is 1. The molecule has 4 heterocycles. The highest BCUT2D eigenvalue weighted by molar-refractivity contribution is 9.10. The maximum atomic E-state index is 13.4. The molecule has 0 saturated heterocycles. The van der Waals surface area contributed by atoms with Crippen molar-refractivity contribution >= 4 is 39.5 Å². The van der Waals surface area contributed by atoms with Gasteiger partial charge in [0.25, 0.3) is 11.8 Å². The molecule has 3 aliphatic rings. The summed E-state index contributed by atoms with van der Waals surface area (Å²) in [5.41, 5.74) is 5.00. The number of benzene rings is 1. The van der Waals surface area contributed by atoms with Crippen LogP contribution < -0.4 is 10.2 Å². The first-order chi connectivity index (χ1) is 19.3. The smallest absolute Gasteiger partial charge is 0.336 e. The Kier molecular flexibility index (Phi) is 6.18. The van der Waals surface area contributed by atoms with Gasteiger partial charge in [0, 0.05) is 34.6 Å². The normalized spacial score (nSPS) is 15.3. The highest BCUT2D eigenvalue weighted by Crippen LogP contribution is 2.48. The van der Waals surface area contributed by atoms with E-state index >= 15 is 0 Å². The Morgan fingerprint density at radius 3 is 2.70 bits per heavy atom. The average molecular weight is 605 g/mol.